The Labute approximate surface area is 114 Å². The SMILES string of the molecule is CC1(C)OB(C2CC2c2ccccc2F)OC1(C)C. The van der Waals surface area contributed by atoms with E-state index in [0.29, 0.717) is 0 Å². The zero-order valence-corrected chi connectivity index (χ0v) is 11.9. The van der Waals surface area contributed by atoms with E-state index in [2.05, 4.69) is 0 Å². The molecule has 2 nitrogen and oxygen atoms in total. The molecule has 4 heteroatoms. The van der Waals surface area contributed by atoms with E-state index in [-0.39, 0.29) is 35.9 Å². The van der Waals surface area contributed by atoms with E-state index < -0.39 is 0 Å². The molecule has 1 heterocycles. The van der Waals surface area contributed by atoms with Crippen LogP contribution in [-0.4, -0.2) is 18.3 Å². The predicted molar refractivity (Wildman–Crippen MR) is 73.6 cm³/mol. The fourth-order valence-electron chi connectivity index (χ4n) is 2.71. The van der Waals surface area contributed by atoms with Gasteiger partial charge in [0.2, 0.25) is 0 Å². The average molecular weight is 262 g/mol. The lowest BCUT2D eigenvalue weighted by Gasteiger charge is -2.32. The van der Waals surface area contributed by atoms with Crippen LogP contribution in [0.5, 0.6) is 0 Å². The molecule has 0 bridgehead atoms. The van der Waals surface area contributed by atoms with Crippen LogP contribution in [0.1, 0.15) is 45.6 Å². The van der Waals surface area contributed by atoms with E-state index in [1.807, 2.05) is 39.8 Å². The van der Waals surface area contributed by atoms with E-state index in [0.717, 1.165) is 12.0 Å². The van der Waals surface area contributed by atoms with E-state index in [9.17, 15) is 4.39 Å². The van der Waals surface area contributed by atoms with Gasteiger partial charge in [0.05, 0.1) is 11.2 Å². The molecule has 1 saturated carbocycles. The van der Waals surface area contributed by atoms with Gasteiger partial charge in [0.1, 0.15) is 5.82 Å². The molecule has 2 unspecified atom stereocenters. The number of benzene rings is 1. The van der Waals surface area contributed by atoms with Gasteiger partial charge in [-0.2, -0.15) is 0 Å². The molecule has 1 aliphatic heterocycles. The molecule has 0 aromatic heterocycles. The Morgan fingerprint density at radius 3 is 2.26 bits per heavy atom. The Balaban J connectivity index is 1.74. The van der Waals surface area contributed by atoms with E-state index in [1.54, 1.807) is 6.07 Å². The molecule has 0 radical (unpaired) electrons. The van der Waals surface area contributed by atoms with Crippen LogP contribution in [-0.2, 0) is 9.31 Å². The van der Waals surface area contributed by atoms with Gasteiger partial charge in [-0.05, 0) is 51.7 Å². The Hall–Kier alpha value is -0.865. The summed E-state index contributed by atoms with van der Waals surface area (Å²) in [6.07, 6.45) is 0.942. The first-order valence-electron chi connectivity index (χ1n) is 6.92. The van der Waals surface area contributed by atoms with Gasteiger partial charge in [0.25, 0.3) is 0 Å². The summed E-state index contributed by atoms with van der Waals surface area (Å²) in [5, 5.41) is 0. The second-order valence-corrected chi connectivity index (χ2v) is 6.65. The van der Waals surface area contributed by atoms with Crippen molar-refractivity contribution in [2.75, 3.05) is 0 Å². The van der Waals surface area contributed by atoms with Gasteiger partial charge in [0, 0.05) is 5.82 Å². The van der Waals surface area contributed by atoms with Crippen molar-refractivity contribution in [3.05, 3.63) is 35.6 Å². The number of halogens is 1. The number of hydrogen-bond donors (Lipinski definition) is 0. The summed E-state index contributed by atoms with van der Waals surface area (Å²) in [5.74, 6) is 0.389. The highest BCUT2D eigenvalue weighted by atomic mass is 19.1. The average Bonchev–Trinajstić information content (AvgIpc) is 3.03. The summed E-state index contributed by atoms with van der Waals surface area (Å²) in [7, 11) is -0.213. The molecule has 1 aromatic carbocycles. The number of rotatable bonds is 2. The Morgan fingerprint density at radius 2 is 1.68 bits per heavy atom. The third kappa shape index (κ3) is 2.11. The van der Waals surface area contributed by atoms with Crippen molar-refractivity contribution in [1.82, 2.24) is 0 Å². The molecule has 2 atom stereocenters. The minimum absolute atomic E-state index is 0.119. The molecule has 0 amide bonds. The van der Waals surface area contributed by atoms with Crippen molar-refractivity contribution >= 4 is 7.12 Å². The highest BCUT2D eigenvalue weighted by Crippen LogP contribution is 2.58. The normalized spacial score (nSPS) is 31.5. The first-order valence-corrected chi connectivity index (χ1v) is 6.92. The fraction of sp³-hybridized carbons (Fsp3) is 0.600. The van der Waals surface area contributed by atoms with Crippen LogP contribution in [0.3, 0.4) is 0 Å². The van der Waals surface area contributed by atoms with Crippen molar-refractivity contribution < 1.29 is 13.7 Å². The van der Waals surface area contributed by atoms with Crippen molar-refractivity contribution in [3.63, 3.8) is 0 Å². The Morgan fingerprint density at radius 1 is 1.11 bits per heavy atom. The second-order valence-electron chi connectivity index (χ2n) is 6.65. The smallest absolute Gasteiger partial charge is 0.403 e. The molecule has 1 aliphatic carbocycles. The molecule has 3 rings (SSSR count). The first-order chi connectivity index (χ1) is 8.82. The topological polar surface area (TPSA) is 18.5 Å². The third-order valence-electron chi connectivity index (χ3n) is 4.77. The van der Waals surface area contributed by atoms with Crippen LogP contribution in [0.25, 0.3) is 0 Å². The van der Waals surface area contributed by atoms with E-state index in [1.165, 1.54) is 6.07 Å². The molecule has 0 N–H and O–H groups in total. The Bertz CT molecular complexity index is 485. The zero-order chi connectivity index (χ0) is 13.8. The summed E-state index contributed by atoms with van der Waals surface area (Å²) in [5.41, 5.74) is 0.183. The highest BCUT2D eigenvalue weighted by Gasteiger charge is 2.60. The number of hydrogen-bond acceptors (Lipinski definition) is 2. The molecule has 2 aliphatic rings. The van der Waals surface area contributed by atoms with Crippen LogP contribution >= 0.6 is 0 Å². The molecule has 0 spiro atoms. The lowest BCUT2D eigenvalue weighted by atomic mass is 9.79. The lowest BCUT2D eigenvalue weighted by Crippen LogP contribution is -2.41. The minimum Gasteiger partial charge on any atom is -0.403 e. The van der Waals surface area contributed by atoms with Crippen LogP contribution in [0.15, 0.2) is 24.3 Å². The Kier molecular flexibility index (Phi) is 2.81. The summed E-state index contributed by atoms with van der Waals surface area (Å²) in [6.45, 7) is 8.20. The molecule has 1 aromatic rings. The molecular weight excluding hydrogens is 242 g/mol. The van der Waals surface area contributed by atoms with E-state index >= 15 is 0 Å². The van der Waals surface area contributed by atoms with Crippen molar-refractivity contribution in [2.24, 2.45) is 0 Å². The summed E-state index contributed by atoms with van der Waals surface area (Å²) in [4.78, 5) is 0. The largest absolute Gasteiger partial charge is 0.461 e. The quantitative estimate of drug-likeness (QED) is 0.755. The van der Waals surface area contributed by atoms with Crippen LogP contribution in [0, 0.1) is 5.82 Å². The molecule has 1 saturated heterocycles. The van der Waals surface area contributed by atoms with Gasteiger partial charge < -0.3 is 9.31 Å². The van der Waals surface area contributed by atoms with Gasteiger partial charge in [-0.25, -0.2) is 4.39 Å². The minimum atomic E-state index is -0.306. The van der Waals surface area contributed by atoms with Crippen LogP contribution < -0.4 is 0 Å². The third-order valence-corrected chi connectivity index (χ3v) is 4.77. The van der Waals surface area contributed by atoms with Gasteiger partial charge in [0.15, 0.2) is 0 Å². The standard InChI is InChI=1S/C15H20BFO2/c1-14(2)15(3,4)19-16(18-14)12-9-11(12)10-7-5-6-8-13(10)17/h5-8,11-12H,9H2,1-4H3. The van der Waals surface area contributed by atoms with Gasteiger partial charge in [-0.1, -0.05) is 18.2 Å². The molecule has 102 valence electrons. The highest BCUT2D eigenvalue weighted by molar-refractivity contribution is 6.49. The maximum atomic E-state index is 13.8. The van der Waals surface area contributed by atoms with E-state index in [4.69, 9.17) is 9.31 Å². The maximum absolute atomic E-state index is 13.8. The fourth-order valence-corrected chi connectivity index (χ4v) is 2.71. The van der Waals surface area contributed by atoms with Crippen LogP contribution in [0.2, 0.25) is 5.82 Å². The molecule has 19 heavy (non-hydrogen) atoms. The second kappa shape index (κ2) is 4.06. The van der Waals surface area contributed by atoms with Crippen molar-refractivity contribution in [2.45, 2.75) is 57.1 Å². The maximum Gasteiger partial charge on any atom is 0.461 e. The van der Waals surface area contributed by atoms with Gasteiger partial charge >= 0.3 is 7.12 Å². The molecular formula is C15H20BFO2. The van der Waals surface area contributed by atoms with Gasteiger partial charge in [-0.3, -0.25) is 0 Å². The summed E-state index contributed by atoms with van der Waals surface area (Å²) < 4.78 is 25.8. The zero-order valence-electron chi connectivity index (χ0n) is 11.9. The first kappa shape index (κ1) is 13.1. The predicted octanol–water partition coefficient (Wildman–Crippen LogP) is 3.78. The lowest BCUT2D eigenvalue weighted by molar-refractivity contribution is 0.00578. The van der Waals surface area contributed by atoms with Gasteiger partial charge in [-0.15, -0.1) is 0 Å². The van der Waals surface area contributed by atoms with Crippen molar-refractivity contribution in [3.8, 4) is 0 Å². The monoisotopic (exact) mass is 262 g/mol. The van der Waals surface area contributed by atoms with Crippen molar-refractivity contribution in [1.29, 1.82) is 0 Å². The summed E-state index contributed by atoms with van der Waals surface area (Å²) in [6, 6.07) is 7.00. The molecule has 2 fully saturated rings. The van der Waals surface area contributed by atoms with Crippen LogP contribution in [0.4, 0.5) is 4.39 Å². The summed E-state index contributed by atoms with van der Waals surface area (Å²) >= 11 is 0.